The molecule has 1 aliphatic carbocycles. The van der Waals surface area contributed by atoms with Crippen LogP contribution in [0.2, 0.25) is 0 Å². The molecule has 1 saturated carbocycles. The third kappa shape index (κ3) is 2.99. The Morgan fingerprint density at radius 3 is 2.78 bits per heavy atom. The highest BCUT2D eigenvalue weighted by molar-refractivity contribution is 7.09. The van der Waals surface area contributed by atoms with Crippen molar-refractivity contribution >= 4 is 17.3 Å². The van der Waals surface area contributed by atoms with Gasteiger partial charge in [-0.05, 0) is 32.2 Å². The lowest BCUT2D eigenvalue weighted by Gasteiger charge is -2.20. The molecule has 3 heterocycles. The Morgan fingerprint density at radius 2 is 2.04 bits per heavy atom. The van der Waals surface area contributed by atoms with Gasteiger partial charge < -0.3 is 5.73 Å². The van der Waals surface area contributed by atoms with E-state index in [2.05, 4.69) is 20.4 Å². The number of nitrogens with two attached hydrogens (primary N) is 1. The van der Waals surface area contributed by atoms with Gasteiger partial charge in [0.05, 0.1) is 16.7 Å². The van der Waals surface area contributed by atoms with E-state index in [-0.39, 0.29) is 6.04 Å². The predicted molar refractivity (Wildman–Crippen MR) is 91.1 cm³/mol. The van der Waals surface area contributed by atoms with Crippen LogP contribution in [0.25, 0.3) is 0 Å². The molecule has 2 fully saturated rings. The van der Waals surface area contributed by atoms with Gasteiger partial charge in [-0.15, -0.1) is 11.3 Å². The van der Waals surface area contributed by atoms with Crippen LogP contribution in [0.4, 0.5) is 5.95 Å². The summed E-state index contributed by atoms with van der Waals surface area (Å²) in [4.78, 5) is 11.8. The number of thiazole rings is 1. The van der Waals surface area contributed by atoms with E-state index in [1.54, 1.807) is 4.68 Å². The molecule has 7 heteroatoms. The minimum atomic E-state index is 0.273. The molecule has 2 N–H and O–H groups in total. The van der Waals surface area contributed by atoms with Gasteiger partial charge in [0, 0.05) is 24.9 Å². The summed E-state index contributed by atoms with van der Waals surface area (Å²) < 4.78 is 1.66. The second-order valence-electron chi connectivity index (χ2n) is 6.74. The first-order chi connectivity index (χ1) is 11.2. The van der Waals surface area contributed by atoms with Gasteiger partial charge in [-0.25, -0.2) is 9.67 Å². The zero-order valence-corrected chi connectivity index (χ0v) is 14.4. The van der Waals surface area contributed by atoms with Crippen molar-refractivity contribution in [3.05, 3.63) is 21.9 Å². The number of hydrogen-bond donors (Lipinski definition) is 1. The number of rotatable bonds is 4. The summed E-state index contributed by atoms with van der Waals surface area (Å²) in [5, 5.41) is 8.05. The molecule has 23 heavy (non-hydrogen) atoms. The molecule has 1 aliphatic heterocycles. The van der Waals surface area contributed by atoms with Crippen molar-refractivity contribution in [2.75, 3.05) is 12.3 Å². The van der Waals surface area contributed by atoms with Crippen LogP contribution in [0.5, 0.6) is 0 Å². The van der Waals surface area contributed by atoms with Crippen molar-refractivity contribution in [3.8, 4) is 0 Å². The van der Waals surface area contributed by atoms with Crippen LogP contribution in [-0.4, -0.2) is 31.2 Å². The van der Waals surface area contributed by atoms with Crippen LogP contribution in [0.1, 0.15) is 67.0 Å². The number of nitrogen functional groups attached to an aromatic ring is 1. The fourth-order valence-electron chi connectivity index (χ4n) is 3.83. The van der Waals surface area contributed by atoms with E-state index >= 15 is 0 Å². The quantitative estimate of drug-likeness (QED) is 0.932. The van der Waals surface area contributed by atoms with Crippen LogP contribution in [0.15, 0.2) is 5.38 Å². The molecule has 1 unspecified atom stereocenters. The molecule has 1 atom stereocenters. The van der Waals surface area contributed by atoms with Crippen molar-refractivity contribution in [1.29, 1.82) is 0 Å². The molecule has 2 aromatic heterocycles. The van der Waals surface area contributed by atoms with Crippen molar-refractivity contribution in [1.82, 2.24) is 24.6 Å². The maximum absolute atomic E-state index is 5.84. The van der Waals surface area contributed by atoms with Crippen molar-refractivity contribution in [3.63, 3.8) is 0 Å². The Labute approximate surface area is 140 Å². The molecule has 1 saturated heterocycles. The fourth-order valence-corrected chi connectivity index (χ4v) is 4.81. The van der Waals surface area contributed by atoms with Crippen LogP contribution < -0.4 is 5.73 Å². The van der Waals surface area contributed by atoms with Crippen LogP contribution >= 0.6 is 11.3 Å². The number of hydrogen-bond acceptors (Lipinski definition) is 6. The lowest BCUT2D eigenvalue weighted by Crippen LogP contribution is -2.24. The molecule has 0 radical (unpaired) electrons. The predicted octanol–water partition coefficient (Wildman–Crippen LogP) is 2.85. The van der Waals surface area contributed by atoms with Crippen molar-refractivity contribution in [2.24, 2.45) is 7.05 Å². The smallest absolute Gasteiger partial charge is 0.218 e. The van der Waals surface area contributed by atoms with E-state index in [1.807, 2.05) is 18.4 Å². The molecule has 124 valence electrons. The minimum Gasteiger partial charge on any atom is -0.368 e. The zero-order valence-electron chi connectivity index (χ0n) is 13.6. The second-order valence-corrected chi connectivity index (χ2v) is 7.63. The first-order valence-electron chi connectivity index (χ1n) is 8.55. The van der Waals surface area contributed by atoms with Gasteiger partial charge in [0.1, 0.15) is 0 Å². The molecule has 2 aliphatic rings. The second kappa shape index (κ2) is 6.20. The molecular weight excluding hydrogens is 308 g/mol. The largest absolute Gasteiger partial charge is 0.368 e. The lowest BCUT2D eigenvalue weighted by molar-refractivity contribution is 0.237. The number of nitrogens with zero attached hydrogens (tertiary/aromatic N) is 5. The molecule has 4 rings (SSSR count). The van der Waals surface area contributed by atoms with E-state index in [4.69, 9.17) is 10.7 Å². The van der Waals surface area contributed by atoms with Gasteiger partial charge >= 0.3 is 0 Å². The number of aryl methyl sites for hydroxylation is 1. The summed E-state index contributed by atoms with van der Waals surface area (Å²) in [5.41, 5.74) is 7.04. The maximum atomic E-state index is 5.84. The number of aromatic nitrogens is 4. The highest BCUT2D eigenvalue weighted by Gasteiger charge is 2.30. The molecule has 0 spiro atoms. The van der Waals surface area contributed by atoms with Crippen molar-refractivity contribution in [2.45, 2.75) is 57.0 Å². The van der Waals surface area contributed by atoms with Gasteiger partial charge in [-0.3, -0.25) is 4.90 Å². The highest BCUT2D eigenvalue weighted by atomic mass is 32.1. The summed E-state index contributed by atoms with van der Waals surface area (Å²) in [6, 6.07) is 0.273. The average molecular weight is 332 g/mol. The minimum absolute atomic E-state index is 0.273. The molecular formula is C16H24N6S. The van der Waals surface area contributed by atoms with Crippen LogP contribution in [0.3, 0.4) is 0 Å². The summed E-state index contributed by atoms with van der Waals surface area (Å²) in [6.07, 6.45) is 7.64. The first kappa shape index (κ1) is 15.1. The van der Waals surface area contributed by atoms with Gasteiger partial charge in [-0.1, -0.05) is 12.8 Å². The van der Waals surface area contributed by atoms with E-state index in [0.29, 0.717) is 11.9 Å². The molecule has 0 amide bonds. The molecule has 0 bridgehead atoms. The summed E-state index contributed by atoms with van der Waals surface area (Å²) in [7, 11) is 1.85. The summed E-state index contributed by atoms with van der Waals surface area (Å²) >= 11 is 1.84. The molecule has 0 aromatic carbocycles. The Bertz CT molecular complexity index is 652. The van der Waals surface area contributed by atoms with Gasteiger partial charge in [0.15, 0.2) is 5.82 Å². The standard InChI is InChI=1S/C16H24N6S/c1-21-16(17)19-14(20-21)13-7-4-8-22(13)9-12-10-23-15(18-12)11-5-2-3-6-11/h10-11,13H,2-9H2,1H3,(H2,17,19,20). The normalized spacial score (nSPS) is 23.1. The van der Waals surface area contributed by atoms with Gasteiger partial charge in [-0.2, -0.15) is 10.1 Å². The highest BCUT2D eigenvalue weighted by Crippen LogP contribution is 2.36. The Morgan fingerprint density at radius 1 is 1.22 bits per heavy atom. The van der Waals surface area contributed by atoms with Crippen LogP contribution in [-0.2, 0) is 13.6 Å². The third-order valence-corrected chi connectivity index (χ3v) is 6.17. The lowest BCUT2D eigenvalue weighted by atomic mass is 10.1. The van der Waals surface area contributed by atoms with E-state index in [1.165, 1.54) is 42.8 Å². The molecule has 6 nitrogen and oxygen atoms in total. The third-order valence-electron chi connectivity index (χ3n) is 5.11. The van der Waals surface area contributed by atoms with E-state index in [0.717, 1.165) is 25.3 Å². The van der Waals surface area contributed by atoms with E-state index < -0.39 is 0 Å². The molecule has 2 aromatic rings. The Kier molecular flexibility index (Phi) is 4.07. The Hall–Kier alpha value is -1.47. The number of likely N-dealkylation sites (tertiary alicyclic amines) is 1. The van der Waals surface area contributed by atoms with Crippen molar-refractivity contribution < 1.29 is 0 Å². The average Bonchev–Trinajstić information content (AvgIpc) is 3.29. The first-order valence-corrected chi connectivity index (χ1v) is 9.43. The van der Waals surface area contributed by atoms with E-state index in [9.17, 15) is 0 Å². The monoisotopic (exact) mass is 332 g/mol. The maximum Gasteiger partial charge on any atom is 0.218 e. The summed E-state index contributed by atoms with van der Waals surface area (Å²) in [6.45, 7) is 1.98. The topological polar surface area (TPSA) is 72.9 Å². The Balaban J connectivity index is 1.47. The van der Waals surface area contributed by atoms with Gasteiger partial charge in [0.25, 0.3) is 0 Å². The van der Waals surface area contributed by atoms with Gasteiger partial charge in [0.2, 0.25) is 5.95 Å². The summed E-state index contributed by atoms with van der Waals surface area (Å²) in [5.74, 6) is 2.05. The SMILES string of the molecule is Cn1nc(C2CCCN2Cc2csc(C3CCCC3)n2)nc1N. The van der Waals surface area contributed by atoms with Crippen LogP contribution in [0, 0.1) is 0 Å². The zero-order chi connectivity index (χ0) is 15.8. The fraction of sp³-hybridized carbons (Fsp3) is 0.688. The number of anilines is 1.